The van der Waals surface area contributed by atoms with E-state index in [1.54, 1.807) is 68.3 Å². The van der Waals surface area contributed by atoms with Crippen LogP contribution in [-0.4, -0.2) is 158 Å². The van der Waals surface area contributed by atoms with Crippen molar-refractivity contribution in [1.29, 1.82) is 0 Å². The molecule has 3 amide bonds. The van der Waals surface area contributed by atoms with Gasteiger partial charge in [-0.25, -0.2) is 37.7 Å². The molecule has 0 spiro atoms. The normalized spacial score (nSPS) is 18.1. The Morgan fingerprint density at radius 2 is 1.64 bits per heavy atom. The van der Waals surface area contributed by atoms with Crippen LogP contribution in [0.5, 0.6) is 5.75 Å². The van der Waals surface area contributed by atoms with E-state index >= 15 is 0 Å². The number of carbonyl (C=O) groups is 4. The van der Waals surface area contributed by atoms with E-state index in [1.165, 1.54) is 48.1 Å². The highest BCUT2D eigenvalue weighted by Gasteiger charge is 2.51. The number of rotatable bonds is 17. The first-order valence-corrected chi connectivity index (χ1v) is 28.1. The molecule has 77 heavy (non-hydrogen) atoms. The number of likely N-dealkylation sites (tertiary alicyclic amines) is 2. The lowest BCUT2D eigenvalue weighted by Gasteiger charge is -2.44. The smallest absolute Gasteiger partial charge is 0.274 e. The number of carbonyl (C=O) groups excluding carboxylic acids is 4. The Kier molecular flexibility index (Phi) is 15.7. The maximum Gasteiger partial charge on any atom is 0.274 e. The molecule has 4 aromatic heterocycles. The predicted octanol–water partition coefficient (Wildman–Crippen LogP) is 5.40. The van der Waals surface area contributed by atoms with E-state index in [-0.39, 0.29) is 52.2 Å². The van der Waals surface area contributed by atoms with Crippen LogP contribution >= 0.6 is 11.3 Å². The summed E-state index contributed by atoms with van der Waals surface area (Å²) in [5.41, 5.74) is 7.66. The summed E-state index contributed by atoms with van der Waals surface area (Å²) in [5.74, 6) is -1.32. The van der Waals surface area contributed by atoms with Gasteiger partial charge in [-0.05, 0) is 111 Å². The summed E-state index contributed by atoms with van der Waals surface area (Å²) in [6.07, 6.45) is 6.69. The standard InChI is InChI=1S/C53H65FN14O7S2/c1-31-32(2)63-64-46(31)62-47-36-25-42(77(73,74)52(3,4)5)41(26-37(36)59-30-60-47)75-24-23-65-19-21-66(22-20-65)43-28-57-38(27-58-43)49(70)67-17-14-33(15-18-67)44(53(6,56-7)51(55)72)50(71)68-16-8-9-40(68)48-61-39(29-76-48)45(69)34-10-12-35(54)13-11-34/h10-13,25-30,33,40,44,56H,8-9,14-24H2,1-7H3,(H2,55,72)(H2,59,60,62,63,64)/t40-,44+,53?/m0/s1. The number of anilines is 3. The third-order valence-electron chi connectivity index (χ3n) is 15.4. The van der Waals surface area contributed by atoms with E-state index in [9.17, 15) is 32.0 Å². The Morgan fingerprint density at radius 1 is 0.909 bits per heavy atom. The van der Waals surface area contributed by atoms with E-state index in [4.69, 9.17) is 10.5 Å². The number of aryl methyl sites for hydroxylation is 1. The second-order valence-electron chi connectivity index (χ2n) is 21.1. The molecule has 0 radical (unpaired) electrons. The van der Waals surface area contributed by atoms with Crippen molar-refractivity contribution in [1.82, 2.24) is 55.1 Å². The predicted molar refractivity (Wildman–Crippen MR) is 288 cm³/mol. The molecule has 1 unspecified atom stereocenters. The van der Waals surface area contributed by atoms with Crippen LogP contribution in [0.3, 0.4) is 0 Å². The van der Waals surface area contributed by atoms with Gasteiger partial charge in [-0.2, -0.15) is 5.10 Å². The molecule has 9 rings (SSSR count). The highest BCUT2D eigenvalue weighted by Crippen LogP contribution is 2.41. The molecule has 0 bridgehead atoms. The fraction of sp³-hybridized carbons (Fsp3) is 0.472. The quantitative estimate of drug-likeness (QED) is 0.0833. The van der Waals surface area contributed by atoms with Gasteiger partial charge in [0.15, 0.2) is 15.7 Å². The van der Waals surface area contributed by atoms with Crippen molar-refractivity contribution >= 4 is 73.0 Å². The van der Waals surface area contributed by atoms with Crippen LogP contribution in [0.15, 0.2) is 65.4 Å². The van der Waals surface area contributed by atoms with Crippen LogP contribution < -0.4 is 26.0 Å². The summed E-state index contributed by atoms with van der Waals surface area (Å²) < 4.78 is 46.7. The van der Waals surface area contributed by atoms with Gasteiger partial charge in [-0.15, -0.1) is 11.3 Å². The molecule has 0 aliphatic carbocycles. The Bertz CT molecular complexity index is 3280. The van der Waals surface area contributed by atoms with Gasteiger partial charge in [0, 0.05) is 86.0 Å². The number of amides is 3. The van der Waals surface area contributed by atoms with Crippen molar-refractivity contribution < 1.29 is 36.7 Å². The van der Waals surface area contributed by atoms with Gasteiger partial charge in [0.25, 0.3) is 5.91 Å². The molecular formula is C53H65FN14O7S2. The molecular weight excluding hydrogens is 1030 g/mol. The summed E-state index contributed by atoms with van der Waals surface area (Å²) in [4.78, 5) is 85.6. The lowest BCUT2D eigenvalue weighted by Crippen LogP contribution is -2.63. The second-order valence-corrected chi connectivity index (χ2v) is 24.6. The molecule has 5 N–H and O–H groups in total. The summed E-state index contributed by atoms with van der Waals surface area (Å²) >= 11 is 1.28. The number of ether oxygens (including phenoxy) is 1. The number of likely N-dealkylation sites (N-methyl/N-ethyl adjacent to an activating group) is 1. The molecule has 21 nitrogen and oxygen atoms in total. The minimum atomic E-state index is -3.87. The lowest BCUT2D eigenvalue weighted by molar-refractivity contribution is -0.147. The van der Waals surface area contributed by atoms with Gasteiger partial charge in [-0.1, -0.05) is 0 Å². The van der Waals surface area contributed by atoms with Gasteiger partial charge in [0.1, 0.15) is 63.0 Å². The molecule has 7 heterocycles. The van der Waals surface area contributed by atoms with E-state index in [1.807, 2.05) is 13.8 Å². The van der Waals surface area contributed by atoms with Crippen molar-refractivity contribution in [2.45, 2.75) is 88.4 Å². The number of piperazine rings is 1. The number of piperidine rings is 1. The monoisotopic (exact) mass is 1090 g/mol. The van der Waals surface area contributed by atoms with Crippen molar-refractivity contribution in [3.8, 4) is 5.75 Å². The summed E-state index contributed by atoms with van der Waals surface area (Å²) in [6, 6.07) is 8.09. The Morgan fingerprint density at radius 3 is 2.27 bits per heavy atom. The van der Waals surface area contributed by atoms with Gasteiger partial charge in [-0.3, -0.25) is 29.2 Å². The number of fused-ring (bicyclic) bond motifs is 1. The SMILES string of the molecule is CNC(C)(C(N)=O)[C@@H](C(=O)N1CCC[C@H]1c1nc(C(=O)c2ccc(F)cc2)cs1)C1CCN(C(=O)c2cnc(N3CCN(CCOc4cc5ncnc(Nc6n[nH]c(C)c6C)c5cc4S(=O)(=O)C(C)(C)C)CC3)cn2)CC1. The topological polar surface area (TPSA) is 268 Å². The fourth-order valence-corrected chi connectivity index (χ4v) is 12.6. The van der Waals surface area contributed by atoms with E-state index in [0.717, 1.165) is 11.3 Å². The zero-order chi connectivity index (χ0) is 55.0. The van der Waals surface area contributed by atoms with Crippen LogP contribution in [0.25, 0.3) is 10.9 Å². The molecule has 408 valence electrons. The molecule has 0 saturated carbocycles. The number of aromatic amines is 1. The minimum absolute atomic E-state index is 0.0515. The Hall–Kier alpha value is -7.02. The molecule has 24 heteroatoms. The Balaban J connectivity index is 0.796. The average molecular weight is 1090 g/mol. The van der Waals surface area contributed by atoms with Crippen molar-refractivity contribution in [3.63, 3.8) is 0 Å². The van der Waals surface area contributed by atoms with E-state index in [0.29, 0.717) is 117 Å². The number of nitrogens with two attached hydrogens (primary N) is 1. The number of benzene rings is 2. The number of primary amides is 1. The number of nitrogens with one attached hydrogen (secondary N) is 3. The highest BCUT2D eigenvalue weighted by molar-refractivity contribution is 7.92. The average Bonchev–Trinajstić information content (AvgIpc) is 4.22. The van der Waals surface area contributed by atoms with Crippen LogP contribution in [0.1, 0.15) is 102 Å². The maximum atomic E-state index is 14.8. The number of nitrogens with zero attached hydrogens (tertiary/aromatic N) is 10. The van der Waals surface area contributed by atoms with Crippen LogP contribution in [0.2, 0.25) is 0 Å². The van der Waals surface area contributed by atoms with Crippen LogP contribution in [0, 0.1) is 31.5 Å². The van der Waals surface area contributed by atoms with Crippen molar-refractivity contribution in [3.05, 3.63) is 99.5 Å². The molecule has 3 fully saturated rings. The highest BCUT2D eigenvalue weighted by atomic mass is 32.2. The van der Waals surface area contributed by atoms with Crippen LogP contribution in [0.4, 0.5) is 21.8 Å². The first-order valence-electron chi connectivity index (χ1n) is 25.8. The molecule has 6 aromatic rings. The number of aromatic nitrogens is 7. The third-order valence-corrected chi connectivity index (χ3v) is 18.9. The van der Waals surface area contributed by atoms with E-state index < -0.39 is 43.8 Å². The maximum absolute atomic E-state index is 14.8. The number of halogens is 1. The minimum Gasteiger partial charge on any atom is -0.491 e. The zero-order valence-corrected chi connectivity index (χ0v) is 45.9. The van der Waals surface area contributed by atoms with Crippen molar-refractivity contribution in [2.75, 3.05) is 76.2 Å². The number of hydrogen-bond acceptors (Lipinski definition) is 18. The number of thiazole rings is 1. The molecule has 2 aromatic carbocycles. The molecule has 3 atom stereocenters. The molecule has 3 saturated heterocycles. The van der Waals surface area contributed by atoms with Gasteiger partial charge in [0.2, 0.25) is 17.6 Å². The number of ketones is 1. The first-order chi connectivity index (χ1) is 36.7. The lowest BCUT2D eigenvalue weighted by atomic mass is 9.71. The summed E-state index contributed by atoms with van der Waals surface area (Å²) in [7, 11) is -2.25. The van der Waals surface area contributed by atoms with Crippen LogP contribution in [-0.2, 0) is 19.4 Å². The zero-order valence-electron chi connectivity index (χ0n) is 44.3. The molecule has 3 aliphatic heterocycles. The second kappa shape index (κ2) is 22.1. The largest absolute Gasteiger partial charge is 0.491 e. The van der Waals surface area contributed by atoms with Gasteiger partial charge < -0.3 is 35.8 Å². The summed E-state index contributed by atoms with van der Waals surface area (Å²) in [6.45, 7) is 14.9. The van der Waals surface area contributed by atoms with Crippen molar-refractivity contribution in [2.24, 2.45) is 17.6 Å². The third kappa shape index (κ3) is 11.1. The number of hydrogen-bond donors (Lipinski definition) is 4. The van der Waals surface area contributed by atoms with E-state index in [2.05, 4.69) is 55.6 Å². The van der Waals surface area contributed by atoms with Gasteiger partial charge >= 0.3 is 0 Å². The molecule has 3 aliphatic rings. The Labute approximate surface area is 450 Å². The first kappa shape index (κ1) is 54.8. The van der Waals surface area contributed by atoms with Gasteiger partial charge in [0.05, 0.1) is 34.6 Å². The summed E-state index contributed by atoms with van der Waals surface area (Å²) in [5, 5.41) is 16.3. The fourth-order valence-electron chi connectivity index (χ4n) is 10.3. The number of H-pyrrole nitrogens is 1. The number of sulfone groups is 1.